The lowest BCUT2D eigenvalue weighted by Crippen LogP contribution is -2.43. The molecule has 0 atom stereocenters. The van der Waals surface area contributed by atoms with Crippen molar-refractivity contribution in [2.24, 2.45) is 5.73 Å². The Balaban J connectivity index is 1.77. The van der Waals surface area contributed by atoms with Gasteiger partial charge in [0.1, 0.15) is 0 Å². The highest BCUT2D eigenvalue weighted by Gasteiger charge is 2.22. The van der Waals surface area contributed by atoms with E-state index in [2.05, 4.69) is 20.9 Å². The van der Waals surface area contributed by atoms with E-state index in [1.165, 1.54) is 0 Å². The summed E-state index contributed by atoms with van der Waals surface area (Å²) in [5.74, 6) is -1.03. The molecule has 108 valence electrons. The van der Waals surface area contributed by atoms with E-state index < -0.39 is 11.8 Å². The maximum absolute atomic E-state index is 12.1. The zero-order chi connectivity index (χ0) is 14.8. The number of primary amides is 1. The SMILES string of the molecule is NC(=O)c1ccccc1NC(=O)c1cn(C2CNC2)nn1. The predicted molar refractivity (Wildman–Crippen MR) is 74.8 cm³/mol. The first-order valence-electron chi connectivity index (χ1n) is 6.48. The molecule has 1 aliphatic rings. The van der Waals surface area contributed by atoms with Crippen LogP contribution in [0.1, 0.15) is 26.9 Å². The molecular weight excluding hydrogens is 272 g/mol. The van der Waals surface area contributed by atoms with Gasteiger partial charge < -0.3 is 16.4 Å². The highest BCUT2D eigenvalue weighted by Crippen LogP contribution is 2.16. The molecule has 3 rings (SSSR count). The molecule has 1 saturated heterocycles. The highest BCUT2D eigenvalue weighted by molar-refractivity contribution is 6.07. The Labute approximate surface area is 120 Å². The Morgan fingerprint density at radius 3 is 2.76 bits per heavy atom. The number of anilines is 1. The van der Waals surface area contributed by atoms with Crippen molar-refractivity contribution in [1.82, 2.24) is 20.3 Å². The fourth-order valence-electron chi connectivity index (χ4n) is 2.01. The molecule has 1 aliphatic heterocycles. The summed E-state index contributed by atoms with van der Waals surface area (Å²) in [5.41, 5.74) is 6.07. The minimum atomic E-state index is -0.602. The third-order valence-corrected chi connectivity index (χ3v) is 3.32. The Kier molecular flexibility index (Phi) is 3.36. The van der Waals surface area contributed by atoms with Gasteiger partial charge in [0, 0.05) is 13.1 Å². The number of aromatic nitrogens is 3. The zero-order valence-electron chi connectivity index (χ0n) is 11.1. The van der Waals surface area contributed by atoms with Gasteiger partial charge in [-0.25, -0.2) is 4.68 Å². The van der Waals surface area contributed by atoms with Crippen LogP contribution in [0.2, 0.25) is 0 Å². The highest BCUT2D eigenvalue weighted by atomic mass is 16.2. The summed E-state index contributed by atoms with van der Waals surface area (Å²) in [6.45, 7) is 1.63. The van der Waals surface area contributed by atoms with Crippen LogP contribution in [-0.4, -0.2) is 39.9 Å². The lowest BCUT2D eigenvalue weighted by molar-refractivity contribution is 0.100. The lowest BCUT2D eigenvalue weighted by Gasteiger charge is -2.26. The summed E-state index contributed by atoms with van der Waals surface area (Å²) < 4.78 is 1.66. The lowest BCUT2D eigenvalue weighted by atomic mass is 10.1. The number of carbonyl (C=O) groups is 2. The van der Waals surface area contributed by atoms with Crippen LogP contribution in [0.15, 0.2) is 30.5 Å². The molecule has 1 aromatic heterocycles. The fourth-order valence-corrected chi connectivity index (χ4v) is 2.01. The molecule has 21 heavy (non-hydrogen) atoms. The van der Waals surface area contributed by atoms with Gasteiger partial charge in [0.2, 0.25) is 0 Å². The Morgan fingerprint density at radius 2 is 2.10 bits per heavy atom. The normalized spacial score (nSPS) is 14.5. The third-order valence-electron chi connectivity index (χ3n) is 3.32. The number of carbonyl (C=O) groups excluding carboxylic acids is 2. The van der Waals surface area contributed by atoms with Crippen LogP contribution in [-0.2, 0) is 0 Å². The van der Waals surface area contributed by atoms with Crippen molar-refractivity contribution in [2.45, 2.75) is 6.04 Å². The van der Waals surface area contributed by atoms with Crippen LogP contribution in [0.4, 0.5) is 5.69 Å². The summed E-state index contributed by atoms with van der Waals surface area (Å²) in [6.07, 6.45) is 1.59. The monoisotopic (exact) mass is 286 g/mol. The van der Waals surface area contributed by atoms with Crippen LogP contribution in [0.3, 0.4) is 0 Å². The van der Waals surface area contributed by atoms with E-state index in [9.17, 15) is 9.59 Å². The van der Waals surface area contributed by atoms with Gasteiger partial charge >= 0.3 is 0 Å². The van der Waals surface area contributed by atoms with Crippen molar-refractivity contribution in [1.29, 1.82) is 0 Å². The van der Waals surface area contributed by atoms with E-state index in [4.69, 9.17) is 5.73 Å². The molecule has 0 radical (unpaired) electrons. The molecule has 0 aliphatic carbocycles. The third kappa shape index (κ3) is 2.61. The first kappa shape index (κ1) is 13.3. The first-order chi connectivity index (χ1) is 10.1. The molecule has 2 aromatic rings. The van der Waals surface area contributed by atoms with Crippen LogP contribution in [0, 0.1) is 0 Å². The van der Waals surface area contributed by atoms with Gasteiger partial charge in [0.15, 0.2) is 5.69 Å². The van der Waals surface area contributed by atoms with Crippen molar-refractivity contribution >= 4 is 17.5 Å². The quantitative estimate of drug-likeness (QED) is 0.718. The molecule has 1 aromatic carbocycles. The molecule has 2 amide bonds. The van der Waals surface area contributed by atoms with E-state index in [0.717, 1.165) is 13.1 Å². The number of rotatable bonds is 4. The summed E-state index contributed by atoms with van der Waals surface area (Å²) in [4.78, 5) is 23.4. The number of nitrogens with zero attached hydrogens (tertiary/aromatic N) is 3. The van der Waals surface area contributed by atoms with E-state index in [1.807, 2.05) is 0 Å². The maximum atomic E-state index is 12.1. The standard InChI is InChI=1S/C13H14N6O2/c14-12(20)9-3-1-2-4-10(9)16-13(21)11-7-19(18-17-11)8-5-15-6-8/h1-4,7-8,15H,5-6H2,(H2,14,20)(H,16,21). The van der Waals surface area contributed by atoms with Gasteiger partial charge in [0.05, 0.1) is 23.5 Å². The Morgan fingerprint density at radius 1 is 1.33 bits per heavy atom. The molecule has 0 saturated carbocycles. The van der Waals surface area contributed by atoms with Crippen LogP contribution >= 0.6 is 0 Å². The number of benzene rings is 1. The fraction of sp³-hybridized carbons (Fsp3) is 0.231. The molecule has 2 heterocycles. The first-order valence-corrected chi connectivity index (χ1v) is 6.48. The summed E-state index contributed by atoms with van der Waals surface area (Å²) in [6, 6.07) is 6.78. The number of para-hydroxylation sites is 1. The largest absolute Gasteiger partial charge is 0.366 e. The molecule has 0 spiro atoms. The number of hydrogen-bond acceptors (Lipinski definition) is 5. The van der Waals surface area contributed by atoms with Gasteiger partial charge in [-0.2, -0.15) is 0 Å². The Hall–Kier alpha value is -2.74. The molecule has 8 heteroatoms. The van der Waals surface area contributed by atoms with Crippen molar-refractivity contribution in [3.05, 3.63) is 41.7 Å². The summed E-state index contributed by atoms with van der Waals surface area (Å²) in [7, 11) is 0. The van der Waals surface area contributed by atoms with Crippen LogP contribution < -0.4 is 16.4 Å². The van der Waals surface area contributed by atoms with E-state index in [-0.39, 0.29) is 17.3 Å². The molecule has 4 N–H and O–H groups in total. The van der Waals surface area contributed by atoms with Crippen molar-refractivity contribution in [2.75, 3.05) is 18.4 Å². The Bertz CT molecular complexity index is 691. The summed E-state index contributed by atoms with van der Waals surface area (Å²) in [5, 5.41) is 13.5. The number of hydrogen-bond donors (Lipinski definition) is 3. The van der Waals surface area contributed by atoms with Gasteiger partial charge in [-0.15, -0.1) is 5.10 Å². The number of nitrogens with one attached hydrogen (secondary N) is 2. The van der Waals surface area contributed by atoms with Gasteiger partial charge in [0.25, 0.3) is 11.8 Å². The minimum Gasteiger partial charge on any atom is -0.366 e. The predicted octanol–water partition coefficient (Wildman–Crippen LogP) is -0.226. The van der Waals surface area contributed by atoms with Crippen molar-refractivity contribution in [3.63, 3.8) is 0 Å². The number of amides is 2. The van der Waals surface area contributed by atoms with Crippen LogP contribution in [0.5, 0.6) is 0 Å². The summed E-state index contributed by atoms with van der Waals surface area (Å²) >= 11 is 0. The molecule has 1 fully saturated rings. The molecule has 8 nitrogen and oxygen atoms in total. The van der Waals surface area contributed by atoms with E-state index in [0.29, 0.717) is 5.69 Å². The average molecular weight is 286 g/mol. The average Bonchev–Trinajstić information content (AvgIpc) is 2.86. The second kappa shape index (κ2) is 5.33. The zero-order valence-corrected chi connectivity index (χ0v) is 11.1. The van der Waals surface area contributed by atoms with E-state index in [1.54, 1.807) is 35.1 Å². The molecule has 0 bridgehead atoms. The van der Waals surface area contributed by atoms with Crippen LogP contribution in [0.25, 0.3) is 0 Å². The second-order valence-corrected chi connectivity index (χ2v) is 4.76. The van der Waals surface area contributed by atoms with Crippen molar-refractivity contribution < 1.29 is 9.59 Å². The van der Waals surface area contributed by atoms with Gasteiger partial charge in [-0.05, 0) is 12.1 Å². The number of nitrogens with two attached hydrogens (primary N) is 1. The van der Waals surface area contributed by atoms with Gasteiger partial charge in [-0.1, -0.05) is 17.3 Å². The second-order valence-electron chi connectivity index (χ2n) is 4.76. The maximum Gasteiger partial charge on any atom is 0.277 e. The van der Waals surface area contributed by atoms with Crippen molar-refractivity contribution in [3.8, 4) is 0 Å². The molecule has 0 unspecified atom stereocenters. The minimum absolute atomic E-state index is 0.196. The van der Waals surface area contributed by atoms with Gasteiger partial charge in [-0.3, -0.25) is 9.59 Å². The molecular formula is C13H14N6O2. The topological polar surface area (TPSA) is 115 Å². The smallest absolute Gasteiger partial charge is 0.277 e. The van der Waals surface area contributed by atoms with E-state index >= 15 is 0 Å².